The highest BCUT2D eigenvalue weighted by atomic mass is 79.9. The van der Waals surface area contributed by atoms with E-state index in [4.69, 9.17) is 5.73 Å². The summed E-state index contributed by atoms with van der Waals surface area (Å²) >= 11 is 7.19. The van der Waals surface area contributed by atoms with Gasteiger partial charge in [-0.3, -0.25) is 0 Å². The normalized spacial score (nSPS) is 16.1. The number of aryl methyl sites for hydroxylation is 2. The van der Waals surface area contributed by atoms with Crippen molar-refractivity contribution in [1.29, 1.82) is 0 Å². The Hall–Kier alpha value is -0.160. The van der Waals surface area contributed by atoms with Crippen molar-refractivity contribution < 1.29 is 0 Å². The maximum atomic E-state index is 6.30. The standard InChI is InChI=1S/C13H14BrNS2/c14-9-5-10(16-7-9)6-11(15)13-4-8-2-1-3-12(8)17-13/h4-5,7,11H,1-3,6,15H2. The highest BCUT2D eigenvalue weighted by Crippen LogP contribution is 2.34. The number of halogens is 1. The van der Waals surface area contributed by atoms with E-state index in [1.807, 2.05) is 11.3 Å². The van der Waals surface area contributed by atoms with Crippen LogP contribution in [0.25, 0.3) is 0 Å². The van der Waals surface area contributed by atoms with Gasteiger partial charge in [-0.1, -0.05) is 0 Å². The van der Waals surface area contributed by atoms with E-state index in [9.17, 15) is 0 Å². The first-order valence-corrected chi connectivity index (χ1v) is 8.31. The molecule has 0 spiro atoms. The van der Waals surface area contributed by atoms with Gasteiger partial charge in [0.15, 0.2) is 0 Å². The van der Waals surface area contributed by atoms with E-state index in [2.05, 4.69) is 33.4 Å². The van der Waals surface area contributed by atoms with Crippen molar-refractivity contribution in [3.8, 4) is 0 Å². The molecule has 0 aromatic carbocycles. The molecule has 2 aromatic heterocycles. The number of fused-ring (bicyclic) bond motifs is 1. The lowest BCUT2D eigenvalue weighted by atomic mass is 10.1. The summed E-state index contributed by atoms with van der Waals surface area (Å²) in [6, 6.07) is 4.67. The smallest absolute Gasteiger partial charge is 0.0438 e. The molecule has 2 N–H and O–H groups in total. The number of rotatable bonds is 3. The van der Waals surface area contributed by atoms with Crippen LogP contribution in [0.15, 0.2) is 22.0 Å². The molecule has 0 amide bonds. The summed E-state index contributed by atoms with van der Waals surface area (Å²) < 4.78 is 1.17. The summed E-state index contributed by atoms with van der Waals surface area (Å²) in [5, 5.41) is 2.12. The molecule has 1 nitrogen and oxygen atoms in total. The summed E-state index contributed by atoms with van der Waals surface area (Å²) in [6.07, 6.45) is 4.80. The quantitative estimate of drug-likeness (QED) is 0.893. The van der Waals surface area contributed by atoms with Crippen LogP contribution < -0.4 is 5.73 Å². The van der Waals surface area contributed by atoms with E-state index in [1.165, 1.54) is 33.5 Å². The van der Waals surface area contributed by atoms with Gasteiger partial charge in [-0.15, -0.1) is 22.7 Å². The number of hydrogen-bond donors (Lipinski definition) is 1. The highest BCUT2D eigenvalue weighted by Gasteiger charge is 2.18. The van der Waals surface area contributed by atoms with Crippen LogP contribution in [0.5, 0.6) is 0 Å². The molecule has 1 aliphatic carbocycles. The molecule has 0 fully saturated rings. The van der Waals surface area contributed by atoms with E-state index >= 15 is 0 Å². The average Bonchev–Trinajstić information content (AvgIpc) is 2.92. The van der Waals surface area contributed by atoms with Crippen molar-refractivity contribution >= 4 is 38.6 Å². The Bertz CT molecular complexity index is 508. The lowest BCUT2D eigenvalue weighted by Gasteiger charge is -2.07. The second kappa shape index (κ2) is 4.84. The third-order valence-corrected chi connectivity index (χ3v) is 6.26. The molecular formula is C13H14BrNS2. The van der Waals surface area contributed by atoms with E-state index in [0.29, 0.717) is 0 Å². The van der Waals surface area contributed by atoms with Gasteiger partial charge in [-0.25, -0.2) is 0 Å². The molecule has 0 aliphatic heterocycles. The topological polar surface area (TPSA) is 26.0 Å². The predicted octanol–water partition coefficient (Wildman–Crippen LogP) is 4.30. The monoisotopic (exact) mass is 327 g/mol. The minimum absolute atomic E-state index is 0.163. The van der Waals surface area contributed by atoms with Crippen LogP contribution in [0, 0.1) is 0 Å². The van der Waals surface area contributed by atoms with Gasteiger partial charge >= 0.3 is 0 Å². The molecule has 1 aliphatic rings. The van der Waals surface area contributed by atoms with Crippen LogP contribution in [0.2, 0.25) is 0 Å². The fourth-order valence-electron chi connectivity index (χ4n) is 2.31. The summed E-state index contributed by atoms with van der Waals surface area (Å²) in [5.41, 5.74) is 7.85. The Balaban J connectivity index is 1.75. The summed E-state index contributed by atoms with van der Waals surface area (Å²) in [5.74, 6) is 0. The van der Waals surface area contributed by atoms with Crippen molar-refractivity contribution in [2.24, 2.45) is 5.73 Å². The Kier molecular flexibility index (Phi) is 3.39. The van der Waals surface area contributed by atoms with Crippen molar-refractivity contribution in [3.05, 3.63) is 42.2 Å². The second-order valence-electron chi connectivity index (χ2n) is 4.49. The lowest BCUT2D eigenvalue weighted by Crippen LogP contribution is -2.11. The molecule has 0 saturated heterocycles. The number of nitrogens with two attached hydrogens (primary N) is 1. The van der Waals surface area contributed by atoms with Crippen molar-refractivity contribution in [2.45, 2.75) is 31.7 Å². The SMILES string of the molecule is NC(Cc1cc(Br)cs1)c1cc2c(s1)CCC2. The zero-order valence-corrected chi connectivity index (χ0v) is 12.6. The Morgan fingerprint density at radius 1 is 1.35 bits per heavy atom. The third kappa shape index (κ3) is 2.50. The summed E-state index contributed by atoms with van der Waals surface area (Å²) in [6.45, 7) is 0. The van der Waals surface area contributed by atoms with Crippen LogP contribution in [0.1, 0.15) is 32.7 Å². The molecule has 1 unspecified atom stereocenters. The van der Waals surface area contributed by atoms with Gasteiger partial charge < -0.3 is 5.73 Å². The van der Waals surface area contributed by atoms with Crippen LogP contribution in [0.3, 0.4) is 0 Å². The minimum Gasteiger partial charge on any atom is -0.323 e. The Morgan fingerprint density at radius 2 is 2.24 bits per heavy atom. The molecular weight excluding hydrogens is 314 g/mol. The molecule has 17 heavy (non-hydrogen) atoms. The van der Waals surface area contributed by atoms with E-state index in [0.717, 1.165) is 6.42 Å². The lowest BCUT2D eigenvalue weighted by molar-refractivity contribution is 0.743. The van der Waals surface area contributed by atoms with Gasteiger partial charge in [-0.05, 0) is 52.9 Å². The molecule has 3 rings (SSSR count). The summed E-state index contributed by atoms with van der Waals surface area (Å²) in [4.78, 5) is 4.29. The predicted molar refractivity (Wildman–Crippen MR) is 79.0 cm³/mol. The molecule has 2 aromatic rings. The molecule has 0 bridgehead atoms. The van der Waals surface area contributed by atoms with Crippen molar-refractivity contribution in [3.63, 3.8) is 0 Å². The average molecular weight is 328 g/mol. The number of hydrogen-bond acceptors (Lipinski definition) is 3. The first-order valence-electron chi connectivity index (χ1n) is 5.82. The first-order chi connectivity index (χ1) is 8.22. The van der Waals surface area contributed by atoms with Crippen LogP contribution >= 0.6 is 38.6 Å². The van der Waals surface area contributed by atoms with Crippen molar-refractivity contribution in [1.82, 2.24) is 0 Å². The van der Waals surface area contributed by atoms with Gasteiger partial charge in [0.1, 0.15) is 0 Å². The largest absolute Gasteiger partial charge is 0.323 e. The molecule has 90 valence electrons. The van der Waals surface area contributed by atoms with Crippen LogP contribution in [-0.2, 0) is 19.3 Å². The molecule has 0 radical (unpaired) electrons. The third-order valence-electron chi connectivity index (χ3n) is 3.17. The molecule has 2 heterocycles. The van der Waals surface area contributed by atoms with Crippen LogP contribution in [-0.4, -0.2) is 0 Å². The summed E-state index contributed by atoms with van der Waals surface area (Å²) in [7, 11) is 0. The fraction of sp³-hybridized carbons (Fsp3) is 0.385. The van der Waals surface area contributed by atoms with Crippen molar-refractivity contribution in [2.75, 3.05) is 0 Å². The number of thiophene rings is 2. The van der Waals surface area contributed by atoms with E-state index in [-0.39, 0.29) is 6.04 Å². The minimum atomic E-state index is 0.163. The van der Waals surface area contributed by atoms with Gasteiger partial charge in [-0.2, -0.15) is 0 Å². The molecule has 4 heteroatoms. The zero-order valence-electron chi connectivity index (χ0n) is 9.41. The zero-order chi connectivity index (χ0) is 11.8. The molecule has 1 atom stereocenters. The first kappa shape index (κ1) is 11.9. The van der Waals surface area contributed by atoms with E-state index in [1.54, 1.807) is 21.8 Å². The van der Waals surface area contributed by atoms with Crippen LogP contribution in [0.4, 0.5) is 0 Å². The maximum Gasteiger partial charge on any atom is 0.0438 e. The van der Waals surface area contributed by atoms with Gasteiger partial charge in [0.25, 0.3) is 0 Å². The van der Waals surface area contributed by atoms with Gasteiger partial charge in [0.2, 0.25) is 0 Å². The Labute approximate surface area is 118 Å². The maximum absolute atomic E-state index is 6.30. The van der Waals surface area contributed by atoms with Gasteiger partial charge in [0.05, 0.1) is 0 Å². The second-order valence-corrected chi connectivity index (χ2v) is 7.57. The Morgan fingerprint density at radius 3 is 2.94 bits per heavy atom. The van der Waals surface area contributed by atoms with E-state index < -0.39 is 0 Å². The highest BCUT2D eigenvalue weighted by molar-refractivity contribution is 9.10. The van der Waals surface area contributed by atoms with Gasteiger partial charge in [0, 0.05) is 36.9 Å². The fourth-order valence-corrected chi connectivity index (χ4v) is 5.08. The molecule has 0 saturated carbocycles.